The molecule has 1 aromatic heterocycles. The van der Waals surface area contributed by atoms with Gasteiger partial charge in [0.25, 0.3) is 0 Å². The predicted molar refractivity (Wildman–Crippen MR) is 82.8 cm³/mol. The van der Waals surface area contributed by atoms with Crippen LogP contribution in [-0.2, 0) is 19.4 Å². The summed E-state index contributed by atoms with van der Waals surface area (Å²) < 4.78 is 0. The molecule has 112 valence electrons. The highest BCUT2D eigenvalue weighted by molar-refractivity contribution is 5.28. The minimum absolute atomic E-state index is 0.746. The van der Waals surface area contributed by atoms with Crippen molar-refractivity contribution in [1.29, 1.82) is 0 Å². The minimum Gasteiger partial charge on any atom is -0.316 e. The molecular weight excluding hydrogens is 248 g/mol. The lowest BCUT2D eigenvalue weighted by Crippen LogP contribution is -2.29. The monoisotopic (exact) mass is 276 g/mol. The van der Waals surface area contributed by atoms with Gasteiger partial charge in [0.1, 0.15) is 5.82 Å². The molecule has 1 unspecified atom stereocenters. The quantitative estimate of drug-likeness (QED) is 0.806. The highest BCUT2D eigenvalue weighted by Gasteiger charge is 2.22. The lowest BCUT2D eigenvalue weighted by molar-refractivity contribution is 0.383. The van der Waals surface area contributed by atoms with Gasteiger partial charge >= 0.3 is 0 Å². The Labute approximate surface area is 123 Å². The van der Waals surface area contributed by atoms with Crippen molar-refractivity contribution in [3.63, 3.8) is 0 Å². The van der Waals surface area contributed by atoms with Gasteiger partial charge in [-0.25, -0.2) is 9.97 Å². The number of aryl methyl sites for hydroxylation is 2. The molecule has 1 aromatic rings. The zero-order valence-electron chi connectivity index (χ0n) is 13.4. The van der Waals surface area contributed by atoms with Gasteiger partial charge in [0.15, 0.2) is 0 Å². The Hall–Kier alpha value is -1.00. The third-order valence-corrected chi connectivity index (χ3v) is 3.95. The van der Waals surface area contributed by atoms with Gasteiger partial charge in [0.2, 0.25) is 0 Å². The van der Waals surface area contributed by atoms with E-state index in [1.165, 1.54) is 29.8 Å². The Balaban J connectivity index is 2.05. The van der Waals surface area contributed by atoms with Crippen molar-refractivity contribution in [3.8, 4) is 0 Å². The predicted octanol–water partition coefficient (Wildman–Crippen LogP) is 1.95. The molecule has 0 aromatic carbocycles. The van der Waals surface area contributed by atoms with Crippen LogP contribution < -0.4 is 5.32 Å². The van der Waals surface area contributed by atoms with Crippen LogP contribution in [-0.4, -0.2) is 42.1 Å². The van der Waals surface area contributed by atoms with Gasteiger partial charge in [-0.1, -0.05) is 6.92 Å². The first-order chi connectivity index (χ1) is 9.60. The molecule has 1 N–H and O–H groups in total. The molecule has 20 heavy (non-hydrogen) atoms. The molecule has 0 radical (unpaired) electrons. The van der Waals surface area contributed by atoms with E-state index in [2.05, 4.69) is 43.1 Å². The maximum absolute atomic E-state index is 4.77. The van der Waals surface area contributed by atoms with Crippen molar-refractivity contribution in [3.05, 3.63) is 22.8 Å². The van der Waals surface area contributed by atoms with E-state index in [9.17, 15) is 0 Å². The molecule has 0 bridgehead atoms. The molecule has 1 aliphatic rings. The summed E-state index contributed by atoms with van der Waals surface area (Å²) in [6.07, 6.45) is 4.71. The van der Waals surface area contributed by atoms with E-state index in [0.717, 1.165) is 44.2 Å². The number of nitrogens with one attached hydrogen (secondary N) is 1. The largest absolute Gasteiger partial charge is 0.316 e. The maximum Gasteiger partial charge on any atom is 0.142 e. The summed E-state index contributed by atoms with van der Waals surface area (Å²) in [5, 5.41) is 3.55. The number of rotatable bonds is 6. The van der Waals surface area contributed by atoms with Crippen molar-refractivity contribution < 1.29 is 0 Å². The molecule has 4 nitrogen and oxygen atoms in total. The van der Waals surface area contributed by atoms with Gasteiger partial charge in [-0.15, -0.1) is 0 Å². The van der Waals surface area contributed by atoms with E-state index in [1.54, 1.807) is 0 Å². The Morgan fingerprint density at radius 1 is 1.30 bits per heavy atom. The van der Waals surface area contributed by atoms with Crippen LogP contribution in [0.15, 0.2) is 0 Å². The van der Waals surface area contributed by atoms with Crippen LogP contribution in [0, 0.1) is 12.8 Å². The lowest BCUT2D eigenvalue weighted by atomic mass is 9.85. The van der Waals surface area contributed by atoms with Crippen LogP contribution in [0.5, 0.6) is 0 Å². The summed E-state index contributed by atoms with van der Waals surface area (Å²) in [6, 6.07) is 0. The van der Waals surface area contributed by atoms with Crippen molar-refractivity contribution in [2.24, 2.45) is 5.92 Å². The van der Waals surface area contributed by atoms with E-state index < -0.39 is 0 Å². The van der Waals surface area contributed by atoms with Crippen LogP contribution in [0.3, 0.4) is 0 Å². The Kier molecular flexibility index (Phi) is 5.49. The standard InChI is InChI=1S/C16H28N4/c1-5-8-17-10-13-6-7-15-14(9-13)12(2)18-16(19-15)11-20(3)4/h13,17H,5-11H2,1-4H3. The summed E-state index contributed by atoms with van der Waals surface area (Å²) in [5.74, 6) is 1.71. The minimum atomic E-state index is 0.746. The number of hydrogen-bond donors (Lipinski definition) is 1. The molecule has 4 heteroatoms. The summed E-state index contributed by atoms with van der Waals surface area (Å²) in [6.45, 7) is 7.44. The van der Waals surface area contributed by atoms with Gasteiger partial charge in [0.05, 0.1) is 6.54 Å². The van der Waals surface area contributed by atoms with Crippen LogP contribution >= 0.6 is 0 Å². The Morgan fingerprint density at radius 2 is 2.10 bits per heavy atom. The molecule has 1 aliphatic carbocycles. The third-order valence-electron chi connectivity index (χ3n) is 3.95. The first kappa shape index (κ1) is 15.4. The second-order valence-electron chi connectivity index (χ2n) is 6.20. The molecule has 0 spiro atoms. The summed E-state index contributed by atoms with van der Waals surface area (Å²) in [5.41, 5.74) is 3.88. The van der Waals surface area contributed by atoms with Gasteiger partial charge in [-0.3, -0.25) is 0 Å². The van der Waals surface area contributed by atoms with Crippen molar-refractivity contribution in [2.45, 2.75) is 46.1 Å². The average Bonchev–Trinajstić information content (AvgIpc) is 2.39. The van der Waals surface area contributed by atoms with E-state index in [4.69, 9.17) is 4.98 Å². The van der Waals surface area contributed by atoms with E-state index in [1.807, 2.05) is 0 Å². The van der Waals surface area contributed by atoms with E-state index in [-0.39, 0.29) is 0 Å². The topological polar surface area (TPSA) is 41.1 Å². The molecular formula is C16H28N4. The summed E-state index contributed by atoms with van der Waals surface area (Å²) in [7, 11) is 4.13. The molecule has 0 saturated carbocycles. The van der Waals surface area contributed by atoms with E-state index >= 15 is 0 Å². The molecule has 2 rings (SSSR count). The zero-order chi connectivity index (χ0) is 14.5. The molecule has 1 atom stereocenters. The molecule has 0 fully saturated rings. The fraction of sp³-hybridized carbons (Fsp3) is 0.750. The molecule has 0 saturated heterocycles. The van der Waals surface area contributed by atoms with Crippen LogP contribution in [0.25, 0.3) is 0 Å². The van der Waals surface area contributed by atoms with Crippen molar-refractivity contribution >= 4 is 0 Å². The zero-order valence-corrected chi connectivity index (χ0v) is 13.4. The Morgan fingerprint density at radius 3 is 2.80 bits per heavy atom. The highest BCUT2D eigenvalue weighted by atomic mass is 15.1. The molecule has 1 heterocycles. The van der Waals surface area contributed by atoms with Crippen LogP contribution in [0.1, 0.15) is 42.5 Å². The van der Waals surface area contributed by atoms with Gasteiger partial charge in [-0.2, -0.15) is 0 Å². The fourth-order valence-corrected chi connectivity index (χ4v) is 2.93. The molecule has 0 amide bonds. The molecule has 0 aliphatic heterocycles. The van der Waals surface area contributed by atoms with Gasteiger partial charge < -0.3 is 10.2 Å². The number of fused-ring (bicyclic) bond motifs is 1. The normalized spacial score (nSPS) is 18.4. The highest BCUT2D eigenvalue weighted by Crippen LogP contribution is 2.26. The van der Waals surface area contributed by atoms with Crippen molar-refractivity contribution in [1.82, 2.24) is 20.2 Å². The van der Waals surface area contributed by atoms with Crippen molar-refractivity contribution in [2.75, 3.05) is 27.2 Å². The van der Waals surface area contributed by atoms with Gasteiger partial charge in [-0.05, 0) is 71.3 Å². The number of hydrogen-bond acceptors (Lipinski definition) is 4. The first-order valence-electron chi connectivity index (χ1n) is 7.80. The average molecular weight is 276 g/mol. The van der Waals surface area contributed by atoms with Gasteiger partial charge in [0, 0.05) is 11.4 Å². The van der Waals surface area contributed by atoms with E-state index in [0.29, 0.717) is 0 Å². The SMILES string of the molecule is CCCNCC1CCc2nc(CN(C)C)nc(C)c2C1. The second kappa shape index (κ2) is 7.14. The maximum atomic E-state index is 4.77. The fourth-order valence-electron chi connectivity index (χ4n) is 2.93. The third kappa shape index (κ3) is 4.00. The second-order valence-corrected chi connectivity index (χ2v) is 6.20. The Bertz CT molecular complexity index is 442. The van der Waals surface area contributed by atoms with Crippen LogP contribution in [0.2, 0.25) is 0 Å². The number of aromatic nitrogens is 2. The summed E-state index contributed by atoms with van der Waals surface area (Å²) in [4.78, 5) is 11.6. The smallest absolute Gasteiger partial charge is 0.142 e. The summed E-state index contributed by atoms with van der Waals surface area (Å²) >= 11 is 0. The lowest BCUT2D eigenvalue weighted by Gasteiger charge is -2.26. The van der Waals surface area contributed by atoms with Crippen LogP contribution in [0.4, 0.5) is 0 Å². The first-order valence-corrected chi connectivity index (χ1v) is 7.80. The number of nitrogens with zero attached hydrogens (tertiary/aromatic N) is 3.